The minimum absolute atomic E-state index is 0.00507. The Balaban J connectivity index is 2.65. The summed E-state index contributed by atoms with van der Waals surface area (Å²) < 4.78 is 5.46. The molecule has 1 fully saturated rings. The molecule has 2 atom stereocenters. The van der Waals surface area contributed by atoms with Crippen LogP contribution in [0.1, 0.15) is 33.6 Å². The smallest absolute Gasteiger partial charge is 0.0736 e. The van der Waals surface area contributed by atoms with E-state index in [1.165, 1.54) is 12.8 Å². The van der Waals surface area contributed by atoms with Crippen LogP contribution in [-0.2, 0) is 4.74 Å². The van der Waals surface area contributed by atoms with Crippen LogP contribution in [0.4, 0.5) is 0 Å². The van der Waals surface area contributed by atoms with Gasteiger partial charge in [0.25, 0.3) is 0 Å². The molecule has 1 rings (SSSR count). The highest BCUT2D eigenvalue weighted by atomic mass is 16.5. The summed E-state index contributed by atoms with van der Waals surface area (Å²) in [5.74, 6) is 0.862. The molecule has 0 amide bonds. The molecule has 1 aliphatic rings. The fourth-order valence-corrected chi connectivity index (χ4v) is 2.33. The molecular weight excluding hydrogens is 188 g/mol. The summed E-state index contributed by atoms with van der Waals surface area (Å²) in [6.45, 7) is 9.64. The van der Waals surface area contributed by atoms with Gasteiger partial charge in [0.1, 0.15) is 0 Å². The fraction of sp³-hybridized carbons (Fsp3) is 1.00. The molecule has 0 aromatic rings. The van der Waals surface area contributed by atoms with Gasteiger partial charge in [-0.1, -0.05) is 6.92 Å². The summed E-state index contributed by atoms with van der Waals surface area (Å²) in [6.07, 6.45) is 2.76. The highest BCUT2D eigenvalue weighted by Gasteiger charge is 2.37. The monoisotopic (exact) mass is 214 g/mol. The first kappa shape index (κ1) is 12.9. The molecule has 1 aliphatic heterocycles. The van der Waals surface area contributed by atoms with Crippen molar-refractivity contribution < 1.29 is 4.74 Å². The van der Waals surface area contributed by atoms with E-state index in [0.29, 0.717) is 6.54 Å². The third kappa shape index (κ3) is 2.71. The van der Waals surface area contributed by atoms with Crippen LogP contribution in [0, 0.1) is 5.92 Å². The van der Waals surface area contributed by atoms with Crippen LogP contribution in [0.25, 0.3) is 0 Å². The Morgan fingerprint density at radius 2 is 2.00 bits per heavy atom. The fourth-order valence-electron chi connectivity index (χ4n) is 2.33. The van der Waals surface area contributed by atoms with Crippen LogP contribution in [0.3, 0.4) is 0 Å². The number of nitrogens with two attached hydrogens (primary N) is 1. The molecule has 0 radical (unpaired) electrons. The van der Waals surface area contributed by atoms with E-state index in [1.807, 2.05) is 0 Å². The maximum atomic E-state index is 5.93. The summed E-state index contributed by atoms with van der Waals surface area (Å²) in [5, 5.41) is 0. The van der Waals surface area contributed by atoms with Crippen molar-refractivity contribution in [1.82, 2.24) is 4.90 Å². The molecule has 2 unspecified atom stereocenters. The van der Waals surface area contributed by atoms with Crippen molar-refractivity contribution >= 4 is 0 Å². The van der Waals surface area contributed by atoms with E-state index in [-0.39, 0.29) is 11.6 Å². The molecule has 0 aromatic carbocycles. The van der Waals surface area contributed by atoms with Crippen molar-refractivity contribution in [1.29, 1.82) is 0 Å². The van der Waals surface area contributed by atoms with E-state index in [0.717, 1.165) is 19.0 Å². The number of hydrogen-bond acceptors (Lipinski definition) is 3. The van der Waals surface area contributed by atoms with Crippen LogP contribution >= 0.6 is 0 Å². The zero-order valence-corrected chi connectivity index (χ0v) is 10.6. The van der Waals surface area contributed by atoms with E-state index in [4.69, 9.17) is 10.5 Å². The molecule has 0 aliphatic carbocycles. The normalized spacial score (nSPS) is 26.2. The minimum Gasteiger partial charge on any atom is -0.380 e. The molecule has 0 aromatic heterocycles. The maximum Gasteiger partial charge on any atom is 0.0736 e. The standard InChI is InChI=1S/C12H26N2O/c1-10-5-7-14(8-6-10)12(3,9-13)11(2)15-4/h10-11H,5-9,13H2,1-4H3. The molecule has 2 N–H and O–H groups in total. The topological polar surface area (TPSA) is 38.5 Å². The Morgan fingerprint density at radius 1 is 1.47 bits per heavy atom. The van der Waals surface area contributed by atoms with Crippen molar-refractivity contribution in [2.45, 2.75) is 45.3 Å². The summed E-state index contributed by atoms with van der Waals surface area (Å²) in [5.41, 5.74) is 5.92. The maximum absolute atomic E-state index is 5.93. The Morgan fingerprint density at radius 3 is 2.40 bits per heavy atom. The lowest BCUT2D eigenvalue weighted by atomic mass is 9.88. The number of ether oxygens (including phenoxy) is 1. The molecule has 3 nitrogen and oxygen atoms in total. The first-order valence-corrected chi connectivity index (χ1v) is 6.02. The van der Waals surface area contributed by atoms with Crippen LogP contribution in [0.2, 0.25) is 0 Å². The van der Waals surface area contributed by atoms with Gasteiger partial charge in [-0.15, -0.1) is 0 Å². The molecule has 15 heavy (non-hydrogen) atoms. The zero-order valence-electron chi connectivity index (χ0n) is 10.6. The minimum atomic E-state index is -0.00507. The lowest BCUT2D eigenvalue weighted by Gasteiger charge is -2.46. The Hall–Kier alpha value is -0.120. The van der Waals surface area contributed by atoms with Crippen LogP contribution < -0.4 is 5.73 Å². The van der Waals surface area contributed by atoms with Gasteiger partial charge < -0.3 is 10.5 Å². The first-order valence-electron chi connectivity index (χ1n) is 6.02. The van der Waals surface area contributed by atoms with E-state index in [1.54, 1.807) is 7.11 Å². The Bertz CT molecular complexity index is 190. The third-order valence-electron chi connectivity index (χ3n) is 4.15. The SMILES string of the molecule is COC(C)C(C)(CN)N1CCC(C)CC1. The Labute approximate surface area is 94.0 Å². The molecule has 1 heterocycles. The van der Waals surface area contributed by atoms with Crippen LogP contribution in [0.5, 0.6) is 0 Å². The Kier molecular flexibility index (Phi) is 4.56. The molecule has 90 valence electrons. The van der Waals surface area contributed by atoms with E-state index in [2.05, 4.69) is 25.7 Å². The first-order chi connectivity index (χ1) is 7.04. The number of methoxy groups -OCH3 is 1. The average Bonchev–Trinajstić information content (AvgIpc) is 2.27. The molecule has 0 saturated carbocycles. The highest BCUT2D eigenvalue weighted by molar-refractivity contribution is 4.94. The van der Waals surface area contributed by atoms with Gasteiger partial charge in [0, 0.05) is 13.7 Å². The van der Waals surface area contributed by atoms with Crippen molar-refractivity contribution in [2.24, 2.45) is 11.7 Å². The van der Waals surface area contributed by atoms with Crippen molar-refractivity contribution in [3.8, 4) is 0 Å². The summed E-state index contributed by atoms with van der Waals surface area (Å²) in [4.78, 5) is 2.50. The second kappa shape index (κ2) is 5.28. The average molecular weight is 214 g/mol. The van der Waals surface area contributed by atoms with Gasteiger partial charge in [-0.05, 0) is 45.7 Å². The van der Waals surface area contributed by atoms with Crippen LogP contribution in [-0.4, -0.2) is 43.3 Å². The zero-order chi connectivity index (χ0) is 11.5. The largest absolute Gasteiger partial charge is 0.380 e. The van der Waals surface area contributed by atoms with Gasteiger partial charge in [0.15, 0.2) is 0 Å². The van der Waals surface area contributed by atoms with Crippen molar-refractivity contribution in [3.63, 3.8) is 0 Å². The highest BCUT2D eigenvalue weighted by Crippen LogP contribution is 2.26. The summed E-state index contributed by atoms with van der Waals surface area (Å²) in [7, 11) is 1.77. The number of hydrogen-bond donors (Lipinski definition) is 1. The predicted octanol–water partition coefficient (Wildman–Crippen LogP) is 1.47. The van der Waals surface area contributed by atoms with Gasteiger partial charge in [0.05, 0.1) is 11.6 Å². The quantitative estimate of drug-likeness (QED) is 0.770. The van der Waals surface area contributed by atoms with Crippen LogP contribution in [0.15, 0.2) is 0 Å². The number of likely N-dealkylation sites (tertiary alicyclic amines) is 1. The van der Waals surface area contributed by atoms with Gasteiger partial charge in [-0.25, -0.2) is 0 Å². The second-order valence-electron chi connectivity index (χ2n) is 5.11. The molecule has 0 bridgehead atoms. The molecular formula is C12H26N2O. The number of nitrogens with zero attached hydrogens (tertiary/aromatic N) is 1. The summed E-state index contributed by atoms with van der Waals surface area (Å²) >= 11 is 0. The number of piperidine rings is 1. The number of rotatable bonds is 4. The molecule has 3 heteroatoms. The second-order valence-corrected chi connectivity index (χ2v) is 5.11. The van der Waals surface area contributed by atoms with Gasteiger partial charge >= 0.3 is 0 Å². The lowest BCUT2D eigenvalue weighted by molar-refractivity contribution is -0.0433. The molecule has 0 spiro atoms. The lowest BCUT2D eigenvalue weighted by Crippen LogP contribution is -2.60. The van der Waals surface area contributed by atoms with Crippen molar-refractivity contribution in [3.05, 3.63) is 0 Å². The third-order valence-corrected chi connectivity index (χ3v) is 4.15. The van der Waals surface area contributed by atoms with E-state index in [9.17, 15) is 0 Å². The predicted molar refractivity (Wildman–Crippen MR) is 63.9 cm³/mol. The molecule has 1 saturated heterocycles. The van der Waals surface area contributed by atoms with E-state index >= 15 is 0 Å². The van der Waals surface area contributed by atoms with Gasteiger partial charge in [-0.3, -0.25) is 4.90 Å². The van der Waals surface area contributed by atoms with Crippen molar-refractivity contribution in [2.75, 3.05) is 26.7 Å². The van der Waals surface area contributed by atoms with E-state index < -0.39 is 0 Å². The van der Waals surface area contributed by atoms with Gasteiger partial charge in [-0.2, -0.15) is 0 Å². The van der Waals surface area contributed by atoms with Gasteiger partial charge in [0.2, 0.25) is 0 Å². The summed E-state index contributed by atoms with van der Waals surface area (Å²) in [6, 6.07) is 0.